The average Bonchev–Trinajstić information content (AvgIpc) is 3.39. The van der Waals surface area contributed by atoms with Crippen molar-refractivity contribution in [2.45, 2.75) is 31.7 Å². The van der Waals surface area contributed by atoms with Crippen LogP contribution in [0.25, 0.3) is 9.88 Å². The molecular weight excluding hydrogens is 452 g/mol. The zero-order valence-electron chi connectivity index (χ0n) is 17.6. The van der Waals surface area contributed by atoms with E-state index in [1.54, 1.807) is 33.6 Å². The van der Waals surface area contributed by atoms with E-state index < -0.39 is 9.84 Å². The van der Waals surface area contributed by atoms with Crippen LogP contribution in [-0.2, 0) is 22.8 Å². The van der Waals surface area contributed by atoms with Crippen molar-refractivity contribution < 1.29 is 17.9 Å². The van der Waals surface area contributed by atoms with Crippen molar-refractivity contribution in [1.29, 1.82) is 0 Å². The molecule has 0 spiro atoms. The van der Waals surface area contributed by atoms with E-state index in [-0.39, 0.29) is 22.3 Å². The number of carbonyl (C=O) groups excluding carboxylic acids is 1. The van der Waals surface area contributed by atoms with Crippen LogP contribution < -0.4 is 4.74 Å². The molecule has 9 heteroatoms. The minimum absolute atomic E-state index is 0.114. The molecule has 1 aliphatic rings. The Hall–Kier alpha value is -2.23. The van der Waals surface area contributed by atoms with E-state index >= 15 is 0 Å². The number of hydrogen-bond donors (Lipinski definition) is 0. The molecule has 164 valence electrons. The lowest BCUT2D eigenvalue weighted by molar-refractivity contribution is 0.0730. The summed E-state index contributed by atoms with van der Waals surface area (Å²) >= 11 is 3.26. The summed E-state index contributed by atoms with van der Waals surface area (Å²) in [4.78, 5) is 22.3. The third-order valence-electron chi connectivity index (χ3n) is 4.93. The molecule has 3 heterocycles. The summed E-state index contributed by atoms with van der Waals surface area (Å²) in [5.41, 5.74) is 1.33. The molecule has 1 amide bonds. The molecule has 0 saturated heterocycles. The molecule has 6 nitrogen and oxygen atoms in total. The van der Waals surface area contributed by atoms with E-state index in [0.29, 0.717) is 31.9 Å². The minimum Gasteiger partial charge on any atom is -0.492 e. The third-order valence-corrected chi connectivity index (χ3v) is 8.16. The number of aromatic nitrogens is 1. The predicted molar refractivity (Wildman–Crippen MR) is 124 cm³/mol. The van der Waals surface area contributed by atoms with Crippen LogP contribution >= 0.6 is 22.7 Å². The number of carbonyl (C=O) groups is 1. The molecule has 4 rings (SSSR count). The summed E-state index contributed by atoms with van der Waals surface area (Å²) in [5.74, 6) is 0.476. The molecule has 1 aromatic carbocycles. The quantitative estimate of drug-likeness (QED) is 0.523. The van der Waals surface area contributed by atoms with Gasteiger partial charge < -0.3 is 9.64 Å². The number of nitrogens with zero attached hydrogens (tertiary/aromatic N) is 2. The second-order valence-corrected chi connectivity index (χ2v) is 12.0. The SMILES string of the molecule is CC(C)COc1ccc(S(C)(=O)=O)cc1C(=O)N1CCc2nc(-c3cccs3)sc2C1. The topological polar surface area (TPSA) is 76.6 Å². The Kier molecular flexibility index (Phi) is 6.18. The first kappa shape index (κ1) is 22.0. The monoisotopic (exact) mass is 476 g/mol. The molecule has 3 aromatic rings. The van der Waals surface area contributed by atoms with Crippen LogP contribution in [0.15, 0.2) is 40.6 Å². The van der Waals surface area contributed by atoms with Crippen LogP contribution in [0.4, 0.5) is 0 Å². The van der Waals surface area contributed by atoms with E-state index in [9.17, 15) is 13.2 Å². The van der Waals surface area contributed by atoms with Gasteiger partial charge in [0.2, 0.25) is 0 Å². The summed E-state index contributed by atoms with van der Waals surface area (Å²) in [6.45, 7) is 5.48. The third kappa shape index (κ3) is 4.83. The van der Waals surface area contributed by atoms with Crippen molar-refractivity contribution in [3.8, 4) is 15.6 Å². The van der Waals surface area contributed by atoms with Gasteiger partial charge in [-0.15, -0.1) is 22.7 Å². The Balaban J connectivity index is 1.62. The predicted octanol–water partition coefficient (Wildman–Crippen LogP) is 4.51. The van der Waals surface area contributed by atoms with Crippen molar-refractivity contribution in [2.24, 2.45) is 5.92 Å². The van der Waals surface area contributed by atoms with Crippen LogP contribution in [0.3, 0.4) is 0 Å². The molecule has 2 aromatic heterocycles. The lowest BCUT2D eigenvalue weighted by Gasteiger charge is -2.27. The Labute approximate surface area is 190 Å². The molecule has 31 heavy (non-hydrogen) atoms. The van der Waals surface area contributed by atoms with E-state index in [1.807, 2.05) is 31.4 Å². The van der Waals surface area contributed by atoms with Crippen LogP contribution in [0.5, 0.6) is 5.75 Å². The van der Waals surface area contributed by atoms with Gasteiger partial charge >= 0.3 is 0 Å². The fourth-order valence-electron chi connectivity index (χ4n) is 3.33. The van der Waals surface area contributed by atoms with E-state index in [4.69, 9.17) is 9.72 Å². The van der Waals surface area contributed by atoms with Gasteiger partial charge in [0.15, 0.2) is 9.84 Å². The largest absolute Gasteiger partial charge is 0.492 e. The maximum absolute atomic E-state index is 13.4. The van der Waals surface area contributed by atoms with Crippen molar-refractivity contribution in [1.82, 2.24) is 9.88 Å². The fraction of sp³-hybridized carbons (Fsp3) is 0.364. The number of benzene rings is 1. The van der Waals surface area contributed by atoms with Crippen molar-refractivity contribution in [3.05, 3.63) is 51.8 Å². The van der Waals surface area contributed by atoms with Gasteiger partial charge in [0.25, 0.3) is 5.91 Å². The first-order chi connectivity index (χ1) is 14.7. The average molecular weight is 477 g/mol. The summed E-state index contributed by atoms with van der Waals surface area (Å²) in [6, 6.07) is 8.57. The second kappa shape index (κ2) is 8.72. The highest BCUT2D eigenvalue weighted by Gasteiger charge is 2.28. The first-order valence-corrected chi connectivity index (χ1v) is 13.6. The second-order valence-electron chi connectivity index (χ2n) is 7.98. The van der Waals surface area contributed by atoms with Gasteiger partial charge in [0.05, 0.1) is 34.2 Å². The number of ether oxygens (including phenoxy) is 1. The van der Waals surface area contributed by atoms with Gasteiger partial charge in [-0.3, -0.25) is 4.79 Å². The van der Waals surface area contributed by atoms with Gasteiger partial charge in [-0.05, 0) is 35.6 Å². The number of sulfone groups is 1. The van der Waals surface area contributed by atoms with Gasteiger partial charge in [0, 0.05) is 24.1 Å². The molecule has 0 unspecified atom stereocenters. The molecule has 0 radical (unpaired) electrons. The zero-order valence-corrected chi connectivity index (χ0v) is 20.1. The highest BCUT2D eigenvalue weighted by Crippen LogP contribution is 2.35. The number of thiophene rings is 1. The van der Waals surface area contributed by atoms with Gasteiger partial charge in [-0.2, -0.15) is 0 Å². The lowest BCUT2D eigenvalue weighted by Crippen LogP contribution is -2.35. The minimum atomic E-state index is -3.44. The highest BCUT2D eigenvalue weighted by atomic mass is 32.2. The number of thiazole rings is 1. The number of amides is 1. The highest BCUT2D eigenvalue weighted by molar-refractivity contribution is 7.90. The van der Waals surface area contributed by atoms with E-state index in [0.717, 1.165) is 26.7 Å². The van der Waals surface area contributed by atoms with Gasteiger partial charge in [0.1, 0.15) is 10.8 Å². The Morgan fingerprint density at radius 1 is 1.29 bits per heavy atom. The first-order valence-electron chi connectivity index (χ1n) is 10.0. The molecular formula is C22H24N2O4S3. The smallest absolute Gasteiger partial charge is 0.258 e. The summed E-state index contributed by atoms with van der Waals surface area (Å²) in [6.07, 6.45) is 1.82. The molecule has 0 atom stereocenters. The van der Waals surface area contributed by atoms with E-state index in [2.05, 4.69) is 0 Å². The maximum atomic E-state index is 13.4. The molecule has 0 bridgehead atoms. The normalized spacial score (nSPS) is 14.0. The lowest BCUT2D eigenvalue weighted by atomic mass is 10.1. The fourth-order valence-corrected chi connectivity index (χ4v) is 5.90. The molecule has 0 saturated carbocycles. The van der Waals surface area contributed by atoms with E-state index in [1.165, 1.54) is 12.1 Å². The van der Waals surface area contributed by atoms with Crippen LogP contribution in [0, 0.1) is 5.92 Å². The van der Waals surface area contributed by atoms with Crippen molar-refractivity contribution in [2.75, 3.05) is 19.4 Å². The van der Waals surface area contributed by atoms with Gasteiger partial charge in [-0.25, -0.2) is 13.4 Å². The Morgan fingerprint density at radius 2 is 2.10 bits per heavy atom. The maximum Gasteiger partial charge on any atom is 0.258 e. The van der Waals surface area contributed by atoms with Crippen molar-refractivity contribution >= 4 is 38.4 Å². The summed E-state index contributed by atoms with van der Waals surface area (Å²) in [5, 5.41) is 3.01. The molecule has 0 aliphatic carbocycles. The number of hydrogen-bond acceptors (Lipinski definition) is 7. The van der Waals surface area contributed by atoms with Gasteiger partial charge in [-0.1, -0.05) is 19.9 Å². The van der Waals surface area contributed by atoms with Crippen LogP contribution in [-0.4, -0.2) is 43.6 Å². The Morgan fingerprint density at radius 3 is 2.77 bits per heavy atom. The zero-order chi connectivity index (χ0) is 22.2. The molecule has 0 fully saturated rings. The standard InChI is InChI=1S/C22H24N2O4S3/c1-14(2)13-28-18-7-6-15(31(3,26)27)11-16(18)22(25)24-9-8-17-20(12-24)30-21(23-17)19-5-4-10-29-19/h4-7,10-11,14H,8-9,12-13H2,1-3H3. The summed E-state index contributed by atoms with van der Waals surface area (Å²) in [7, 11) is -3.44. The van der Waals surface area contributed by atoms with Crippen molar-refractivity contribution in [3.63, 3.8) is 0 Å². The van der Waals surface area contributed by atoms with Crippen LogP contribution in [0.1, 0.15) is 34.8 Å². The summed E-state index contributed by atoms with van der Waals surface area (Å²) < 4.78 is 30.0. The Bertz CT molecular complexity index is 1200. The molecule has 1 aliphatic heterocycles. The number of rotatable bonds is 6. The molecule has 0 N–H and O–H groups in total. The van der Waals surface area contributed by atoms with Crippen LogP contribution in [0.2, 0.25) is 0 Å². The number of fused-ring (bicyclic) bond motifs is 1.